The van der Waals surface area contributed by atoms with Gasteiger partial charge in [0, 0.05) is 26.3 Å². The van der Waals surface area contributed by atoms with Gasteiger partial charge >= 0.3 is 0 Å². The van der Waals surface area contributed by atoms with Crippen LogP contribution in [0.2, 0.25) is 0 Å². The van der Waals surface area contributed by atoms with Crippen molar-refractivity contribution >= 4 is 40.3 Å². The number of aromatic nitrogens is 1. The lowest BCUT2D eigenvalue weighted by atomic mass is 10.1. The normalized spacial score (nSPS) is 11.2. The van der Waals surface area contributed by atoms with E-state index in [0.29, 0.717) is 5.69 Å². The van der Waals surface area contributed by atoms with Crippen molar-refractivity contribution < 1.29 is 4.79 Å². The van der Waals surface area contributed by atoms with Crippen molar-refractivity contribution in [3.8, 4) is 11.8 Å². The number of nitriles is 1. The quantitative estimate of drug-likeness (QED) is 0.302. The first-order chi connectivity index (χ1) is 13.4. The summed E-state index contributed by atoms with van der Waals surface area (Å²) in [6, 6.07) is 19.7. The molecule has 0 aliphatic heterocycles. The molecule has 0 spiro atoms. The largest absolute Gasteiger partial charge is 0.321 e. The first-order valence-electron chi connectivity index (χ1n) is 8.83. The van der Waals surface area contributed by atoms with E-state index in [-0.39, 0.29) is 5.57 Å². The third-order valence-corrected chi connectivity index (χ3v) is 5.15. The summed E-state index contributed by atoms with van der Waals surface area (Å²) < 4.78 is 3.27. The van der Waals surface area contributed by atoms with Crippen LogP contribution >= 0.6 is 22.6 Å². The molecule has 0 aliphatic carbocycles. The maximum absolute atomic E-state index is 12.6. The Kier molecular flexibility index (Phi) is 6.00. The Labute approximate surface area is 178 Å². The molecule has 3 aromatic rings. The van der Waals surface area contributed by atoms with Crippen molar-refractivity contribution in [3.05, 3.63) is 86.3 Å². The predicted octanol–water partition coefficient (Wildman–Crippen LogP) is 5.55. The minimum Gasteiger partial charge on any atom is -0.321 e. The molecular weight excluding hydrogens is 461 g/mol. The maximum Gasteiger partial charge on any atom is 0.266 e. The van der Waals surface area contributed by atoms with E-state index in [1.807, 2.05) is 75.4 Å². The molecule has 0 fully saturated rings. The van der Waals surface area contributed by atoms with E-state index in [1.165, 1.54) is 0 Å². The monoisotopic (exact) mass is 481 g/mol. The third-order valence-electron chi connectivity index (χ3n) is 4.48. The van der Waals surface area contributed by atoms with E-state index >= 15 is 0 Å². The lowest BCUT2D eigenvalue weighted by Gasteiger charge is -2.10. The molecule has 4 nitrogen and oxygen atoms in total. The van der Waals surface area contributed by atoms with Crippen LogP contribution in [-0.4, -0.2) is 10.5 Å². The van der Waals surface area contributed by atoms with Gasteiger partial charge in [-0.05, 0) is 97.0 Å². The van der Waals surface area contributed by atoms with Gasteiger partial charge in [0.05, 0.1) is 0 Å². The summed E-state index contributed by atoms with van der Waals surface area (Å²) in [6.07, 6.45) is 1.65. The van der Waals surface area contributed by atoms with Crippen molar-refractivity contribution in [2.24, 2.45) is 0 Å². The van der Waals surface area contributed by atoms with Crippen molar-refractivity contribution in [1.29, 1.82) is 5.26 Å². The van der Waals surface area contributed by atoms with Crippen LogP contribution in [0.4, 0.5) is 5.69 Å². The molecule has 1 heterocycles. The highest BCUT2D eigenvalue weighted by atomic mass is 127. The highest BCUT2D eigenvalue weighted by Gasteiger charge is 2.14. The number of halogens is 1. The number of hydrogen-bond acceptors (Lipinski definition) is 2. The highest BCUT2D eigenvalue weighted by Crippen LogP contribution is 2.24. The van der Waals surface area contributed by atoms with Gasteiger partial charge in [0.15, 0.2) is 0 Å². The minimum absolute atomic E-state index is 0.0735. The van der Waals surface area contributed by atoms with Crippen molar-refractivity contribution in [3.63, 3.8) is 0 Å². The molecule has 0 aliphatic rings. The SMILES string of the molecule is Cc1cccc(NC(=O)/C(C#N)=C\c2cc(C)n(-c3cccc(I)c3)c2C)c1. The number of hydrogen-bond donors (Lipinski definition) is 1. The number of nitrogens with zero attached hydrogens (tertiary/aromatic N) is 2. The molecule has 0 unspecified atom stereocenters. The molecule has 0 saturated heterocycles. The maximum atomic E-state index is 12.6. The van der Waals surface area contributed by atoms with E-state index in [4.69, 9.17) is 0 Å². The summed E-state index contributed by atoms with van der Waals surface area (Å²) in [5, 5.41) is 12.3. The summed E-state index contributed by atoms with van der Waals surface area (Å²) in [5.74, 6) is -0.410. The number of anilines is 1. The number of carbonyl (C=O) groups is 1. The Bertz CT molecular complexity index is 1120. The topological polar surface area (TPSA) is 57.8 Å². The van der Waals surface area contributed by atoms with E-state index < -0.39 is 5.91 Å². The molecular formula is C23H20IN3O. The van der Waals surface area contributed by atoms with Crippen LogP contribution in [0.5, 0.6) is 0 Å². The third kappa shape index (κ3) is 4.34. The van der Waals surface area contributed by atoms with Gasteiger partial charge in [-0.15, -0.1) is 0 Å². The second-order valence-corrected chi connectivity index (χ2v) is 7.88. The van der Waals surface area contributed by atoms with Crippen LogP contribution in [0, 0.1) is 35.7 Å². The molecule has 0 radical (unpaired) electrons. The number of amides is 1. The van der Waals surface area contributed by atoms with Gasteiger partial charge in [-0.25, -0.2) is 0 Å². The second-order valence-electron chi connectivity index (χ2n) is 6.64. The average Bonchev–Trinajstić information content (AvgIpc) is 2.92. The van der Waals surface area contributed by atoms with Crippen molar-refractivity contribution in [2.75, 3.05) is 5.32 Å². The molecule has 0 atom stereocenters. The van der Waals surface area contributed by atoms with Crippen LogP contribution in [0.25, 0.3) is 11.8 Å². The second kappa shape index (κ2) is 8.44. The lowest BCUT2D eigenvalue weighted by molar-refractivity contribution is -0.112. The molecule has 5 heteroatoms. The fourth-order valence-corrected chi connectivity index (χ4v) is 3.70. The lowest BCUT2D eigenvalue weighted by Crippen LogP contribution is -2.13. The Morgan fingerprint density at radius 2 is 1.86 bits per heavy atom. The van der Waals surface area contributed by atoms with Crippen LogP contribution < -0.4 is 5.32 Å². The molecule has 0 saturated carbocycles. The van der Waals surface area contributed by atoms with Crippen molar-refractivity contribution in [2.45, 2.75) is 20.8 Å². The summed E-state index contributed by atoms with van der Waals surface area (Å²) in [7, 11) is 0. The molecule has 140 valence electrons. The van der Waals surface area contributed by atoms with E-state index in [0.717, 1.165) is 31.8 Å². The van der Waals surface area contributed by atoms with Gasteiger partial charge in [-0.2, -0.15) is 5.26 Å². The van der Waals surface area contributed by atoms with Gasteiger partial charge in [0.1, 0.15) is 11.6 Å². The summed E-state index contributed by atoms with van der Waals surface area (Å²) >= 11 is 2.29. The molecule has 28 heavy (non-hydrogen) atoms. The predicted molar refractivity (Wildman–Crippen MR) is 121 cm³/mol. The number of nitrogens with one attached hydrogen (secondary N) is 1. The number of aryl methyl sites for hydroxylation is 2. The highest BCUT2D eigenvalue weighted by molar-refractivity contribution is 14.1. The number of benzene rings is 2. The fourth-order valence-electron chi connectivity index (χ4n) is 3.17. The molecule has 1 N–H and O–H groups in total. The van der Waals surface area contributed by atoms with Gasteiger partial charge in [0.25, 0.3) is 5.91 Å². The van der Waals surface area contributed by atoms with Crippen LogP contribution in [-0.2, 0) is 4.79 Å². The molecule has 1 aromatic heterocycles. The zero-order valence-corrected chi connectivity index (χ0v) is 18.1. The van der Waals surface area contributed by atoms with E-state index in [9.17, 15) is 10.1 Å². The number of carbonyl (C=O) groups excluding carboxylic acids is 1. The van der Waals surface area contributed by atoms with E-state index in [1.54, 1.807) is 6.08 Å². The van der Waals surface area contributed by atoms with Gasteiger partial charge < -0.3 is 9.88 Å². The van der Waals surface area contributed by atoms with Crippen LogP contribution in [0.1, 0.15) is 22.5 Å². The van der Waals surface area contributed by atoms with Crippen LogP contribution in [0.15, 0.2) is 60.2 Å². The van der Waals surface area contributed by atoms with Crippen molar-refractivity contribution in [1.82, 2.24) is 4.57 Å². The Morgan fingerprint density at radius 1 is 1.11 bits per heavy atom. The Balaban J connectivity index is 1.94. The molecule has 1 amide bonds. The van der Waals surface area contributed by atoms with E-state index in [2.05, 4.69) is 38.5 Å². The zero-order valence-electron chi connectivity index (χ0n) is 16.0. The average molecular weight is 481 g/mol. The van der Waals surface area contributed by atoms with Crippen LogP contribution in [0.3, 0.4) is 0 Å². The first kappa shape index (κ1) is 19.9. The zero-order chi connectivity index (χ0) is 20.3. The molecule has 3 rings (SSSR count). The molecule has 0 bridgehead atoms. The summed E-state index contributed by atoms with van der Waals surface area (Å²) in [4.78, 5) is 12.6. The first-order valence-corrected chi connectivity index (χ1v) is 9.91. The molecule has 2 aromatic carbocycles. The van der Waals surface area contributed by atoms with Gasteiger partial charge in [0.2, 0.25) is 0 Å². The number of rotatable bonds is 4. The smallest absolute Gasteiger partial charge is 0.266 e. The summed E-state index contributed by atoms with van der Waals surface area (Å²) in [6.45, 7) is 5.96. The Hall–Kier alpha value is -2.85. The summed E-state index contributed by atoms with van der Waals surface area (Å²) in [5.41, 5.74) is 5.73. The minimum atomic E-state index is -0.410. The standard InChI is InChI=1S/C23H20IN3O/c1-15-6-4-8-21(10-15)26-23(28)19(14-25)12-18-11-16(2)27(17(18)3)22-9-5-7-20(24)13-22/h4-13H,1-3H3,(H,26,28)/b19-12-. The van der Waals surface area contributed by atoms with Gasteiger partial charge in [-0.3, -0.25) is 4.79 Å². The Morgan fingerprint density at radius 3 is 2.54 bits per heavy atom. The fraction of sp³-hybridized carbons (Fsp3) is 0.130. The van der Waals surface area contributed by atoms with Gasteiger partial charge in [-0.1, -0.05) is 18.2 Å².